The van der Waals surface area contributed by atoms with Crippen LogP contribution >= 0.6 is 0 Å². The first-order valence-corrected chi connectivity index (χ1v) is 8.55. The summed E-state index contributed by atoms with van der Waals surface area (Å²) in [4.78, 5) is 12.4. The lowest BCUT2D eigenvalue weighted by molar-refractivity contribution is -0.112. The molecule has 0 radical (unpaired) electrons. The van der Waals surface area contributed by atoms with Crippen LogP contribution in [0.1, 0.15) is 25.8 Å². The summed E-state index contributed by atoms with van der Waals surface area (Å²) in [6.45, 7) is 5.05. The number of benzene rings is 2. The number of carbonyl (C=O) groups is 1. The predicted octanol–water partition coefficient (Wildman–Crippen LogP) is 4.42. The number of hydrogen-bond donors (Lipinski definition) is 1. The van der Waals surface area contributed by atoms with Gasteiger partial charge in [-0.2, -0.15) is 5.26 Å². The van der Waals surface area contributed by atoms with Crippen LogP contribution in [0.5, 0.6) is 11.5 Å². The van der Waals surface area contributed by atoms with Crippen LogP contribution in [0.25, 0.3) is 6.08 Å². The van der Waals surface area contributed by atoms with Gasteiger partial charge in [-0.1, -0.05) is 31.2 Å². The predicted molar refractivity (Wildman–Crippen MR) is 102 cm³/mol. The molecule has 0 spiro atoms. The van der Waals surface area contributed by atoms with Gasteiger partial charge in [0.25, 0.3) is 5.91 Å². The Morgan fingerprint density at radius 2 is 1.85 bits per heavy atom. The zero-order chi connectivity index (χ0) is 18.8. The second kappa shape index (κ2) is 9.90. The van der Waals surface area contributed by atoms with Gasteiger partial charge in [-0.3, -0.25) is 4.79 Å². The fourth-order valence-corrected chi connectivity index (χ4v) is 2.24. The van der Waals surface area contributed by atoms with E-state index in [9.17, 15) is 10.1 Å². The van der Waals surface area contributed by atoms with Crippen molar-refractivity contribution in [2.45, 2.75) is 20.3 Å². The van der Waals surface area contributed by atoms with Crippen molar-refractivity contribution >= 4 is 17.7 Å². The SMILES string of the molecule is CCCOc1ccc(/C=C(\C#N)C(=O)Nc2ccccc2OCC)cc1. The minimum Gasteiger partial charge on any atom is -0.494 e. The molecule has 1 N–H and O–H groups in total. The largest absolute Gasteiger partial charge is 0.494 e. The summed E-state index contributed by atoms with van der Waals surface area (Å²) in [6.07, 6.45) is 2.48. The van der Waals surface area contributed by atoms with Crippen LogP contribution in [-0.4, -0.2) is 19.1 Å². The van der Waals surface area contributed by atoms with Gasteiger partial charge in [0.15, 0.2) is 0 Å². The van der Waals surface area contributed by atoms with Crippen LogP contribution in [0.4, 0.5) is 5.69 Å². The summed E-state index contributed by atoms with van der Waals surface area (Å²) in [6, 6.07) is 16.3. The second-order valence-electron chi connectivity index (χ2n) is 5.47. The zero-order valence-electron chi connectivity index (χ0n) is 15.0. The molecule has 0 aliphatic rings. The Bertz CT molecular complexity index is 805. The van der Waals surface area contributed by atoms with Crippen molar-refractivity contribution < 1.29 is 14.3 Å². The number of carbonyl (C=O) groups excluding carboxylic acids is 1. The van der Waals surface area contributed by atoms with Crippen LogP contribution in [0, 0.1) is 11.3 Å². The summed E-state index contributed by atoms with van der Waals surface area (Å²) >= 11 is 0. The van der Waals surface area contributed by atoms with Crippen molar-refractivity contribution in [2.75, 3.05) is 18.5 Å². The third kappa shape index (κ3) is 5.38. The van der Waals surface area contributed by atoms with Gasteiger partial charge in [-0.25, -0.2) is 0 Å². The third-order valence-corrected chi connectivity index (χ3v) is 3.46. The van der Waals surface area contributed by atoms with E-state index in [2.05, 4.69) is 5.32 Å². The normalized spacial score (nSPS) is 10.7. The Kier molecular flexibility index (Phi) is 7.26. The lowest BCUT2D eigenvalue weighted by Crippen LogP contribution is -2.14. The Morgan fingerprint density at radius 3 is 2.50 bits per heavy atom. The monoisotopic (exact) mass is 350 g/mol. The van der Waals surface area contributed by atoms with Crippen LogP contribution in [0.2, 0.25) is 0 Å². The number of nitrogens with one attached hydrogen (secondary N) is 1. The fraction of sp³-hybridized carbons (Fsp3) is 0.238. The summed E-state index contributed by atoms with van der Waals surface area (Å²) in [7, 11) is 0. The lowest BCUT2D eigenvalue weighted by Gasteiger charge is -2.10. The molecule has 2 aromatic rings. The molecule has 0 heterocycles. The first-order chi connectivity index (χ1) is 12.7. The van der Waals surface area contributed by atoms with E-state index in [0.29, 0.717) is 24.7 Å². The molecule has 2 rings (SSSR count). The number of nitriles is 1. The average molecular weight is 350 g/mol. The van der Waals surface area contributed by atoms with Gasteiger partial charge in [0, 0.05) is 0 Å². The molecule has 0 unspecified atom stereocenters. The van der Waals surface area contributed by atoms with Crippen molar-refractivity contribution in [1.82, 2.24) is 0 Å². The second-order valence-corrected chi connectivity index (χ2v) is 5.47. The minimum absolute atomic E-state index is 0.0125. The number of ether oxygens (including phenoxy) is 2. The molecule has 5 heteroatoms. The highest BCUT2D eigenvalue weighted by Crippen LogP contribution is 2.24. The van der Waals surface area contributed by atoms with E-state index in [1.807, 2.05) is 50.2 Å². The van der Waals surface area contributed by atoms with Crippen LogP contribution in [0.3, 0.4) is 0 Å². The molecule has 5 nitrogen and oxygen atoms in total. The van der Waals surface area contributed by atoms with E-state index in [-0.39, 0.29) is 5.57 Å². The number of amides is 1. The smallest absolute Gasteiger partial charge is 0.266 e. The van der Waals surface area contributed by atoms with Crippen LogP contribution in [-0.2, 0) is 4.79 Å². The first kappa shape index (κ1) is 19.1. The van der Waals surface area contributed by atoms with Crippen LogP contribution < -0.4 is 14.8 Å². The highest BCUT2D eigenvalue weighted by Gasteiger charge is 2.12. The molecule has 0 saturated heterocycles. The van der Waals surface area contributed by atoms with E-state index in [0.717, 1.165) is 17.7 Å². The maximum atomic E-state index is 12.4. The van der Waals surface area contributed by atoms with Gasteiger partial charge in [0.2, 0.25) is 0 Å². The molecule has 0 aliphatic carbocycles. The number of anilines is 1. The molecular weight excluding hydrogens is 328 g/mol. The number of hydrogen-bond acceptors (Lipinski definition) is 4. The first-order valence-electron chi connectivity index (χ1n) is 8.55. The molecule has 0 saturated carbocycles. The zero-order valence-corrected chi connectivity index (χ0v) is 15.0. The Hall–Kier alpha value is -3.26. The number of nitrogens with zero attached hydrogens (tertiary/aromatic N) is 1. The van der Waals surface area contributed by atoms with E-state index < -0.39 is 5.91 Å². The minimum atomic E-state index is -0.481. The van der Waals surface area contributed by atoms with Gasteiger partial charge in [0.05, 0.1) is 18.9 Å². The molecule has 2 aromatic carbocycles. The van der Waals surface area contributed by atoms with Crippen molar-refractivity contribution in [3.8, 4) is 17.6 Å². The lowest BCUT2D eigenvalue weighted by atomic mass is 10.1. The van der Waals surface area contributed by atoms with Crippen molar-refractivity contribution in [2.24, 2.45) is 0 Å². The molecule has 0 fully saturated rings. The molecule has 26 heavy (non-hydrogen) atoms. The molecule has 0 bridgehead atoms. The van der Waals surface area contributed by atoms with Gasteiger partial charge in [0.1, 0.15) is 23.1 Å². The fourth-order valence-electron chi connectivity index (χ4n) is 2.24. The van der Waals surface area contributed by atoms with Gasteiger partial charge in [-0.15, -0.1) is 0 Å². The number of para-hydroxylation sites is 2. The molecule has 0 aromatic heterocycles. The molecule has 0 atom stereocenters. The number of rotatable bonds is 8. The van der Waals surface area contributed by atoms with E-state index in [1.165, 1.54) is 0 Å². The Balaban J connectivity index is 2.13. The van der Waals surface area contributed by atoms with Gasteiger partial charge in [-0.05, 0) is 49.2 Å². The van der Waals surface area contributed by atoms with Crippen molar-refractivity contribution in [3.05, 3.63) is 59.7 Å². The van der Waals surface area contributed by atoms with Crippen molar-refractivity contribution in [3.63, 3.8) is 0 Å². The summed E-state index contributed by atoms with van der Waals surface area (Å²) < 4.78 is 11.0. The Morgan fingerprint density at radius 1 is 1.12 bits per heavy atom. The highest BCUT2D eigenvalue weighted by atomic mass is 16.5. The van der Waals surface area contributed by atoms with E-state index in [4.69, 9.17) is 9.47 Å². The molecule has 1 amide bonds. The van der Waals surface area contributed by atoms with Crippen molar-refractivity contribution in [1.29, 1.82) is 5.26 Å². The maximum Gasteiger partial charge on any atom is 0.266 e. The van der Waals surface area contributed by atoms with E-state index in [1.54, 1.807) is 24.3 Å². The maximum absolute atomic E-state index is 12.4. The average Bonchev–Trinajstić information content (AvgIpc) is 2.67. The quantitative estimate of drug-likeness (QED) is 0.565. The molecular formula is C21H22N2O3. The highest BCUT2D eigenvalue weighted by molar-refractivity contribution is 6.10. The standard InChI is InChI=1S/C21H22N2O3/c1-3-13-26-18-11-9-16(10-12-18)14-17(15-22)21(24)23-19-7-5-6-8-20(19)25-4-2/h5-12,14H,3-4,13H2,1-2H3,(H,23,24)/b17-14+. The van der Waals surface area contributed by atoms with E-state index >= 15 is 0 Å². The van der Waals surface area contributed by atoms with Crippen LogP contribution in [0.15, 0.2) is 54.1 Å². The summed E-state index contributed by atoms with van der Waals surface area (Å²) in [5.41, 5.74) is 1.29. The topological polar surface area (TPSA) is 71.3 Å². The molecule has 0 aliphatic heterocycles. The molecule has 134 valence electrons. The third-order valence-electron chi connectivity index (χ3n) is 3.46. The summed E-state index contributed by atoms with van der Waals surface area (Å²) in [5.74, 6) is 0.849. The summed E-state index contributed by atoms with van der Waals surface area (Å²) in [5, 5.41) is 12.1. The van der Waals surface area contributed by atoms with Gasteiger partial charge >= 0.3 is 0 Å². The van der Waals surface area contributed by atoms with Gasteiger partial charge < -0.3 is 14.8 Å². The Labute approximate surface area is 153 Å².